The molecule has 0 saturated carbocycles. The fourth-order valence-corrected chi connectivity index (χ4v) is 0.665. The predicted molar refractivity (Wildman–Crippen MR) is 45.4 cm³/mol. The van der Waals surface area contributed by atoms with Crippen molar-refractivity contribution in [3.8, 4) is 0 Å². The van der Waals surface area contributed by atoms with E-state index in [4.69, 9.17) is 15.3 Å². The molecule has 0 rings (SSSR count). The molecule has 2 atom stereocenters. The van der Waals surface area contributed by atoms with Gasteiger partial charge in [0.25, 0.3) is 0 Å². The number of hydrogen-bond acceptors (Lipinski definition) is 6. The zero-order valence-corrected chi connectivity index (χ0v) is 7.84. The van der Waals surface area contributed by atoms with Gasteiger partial charge in [0, 0.05) is 0 Å². The Hall–Kier alpha value is -0.980. The third-order valence-electron chi connectivity index (χ3n) is 1.44. The van der Waals surface area contributed by atoms with Gasteiger partial charge in [-0.25, -0.2) is 0 Å². The summed E-state index contributed by atoms with van der Waals surface area (Å²) in [5.74, 6) is -1.10. The molecule has 82 valence electrons. The van der Waals surface area contributed by atoms with Gasteiger partial charge >= 0.3 is 5.97 Å². The Labute approximate surface area is 81.1 Å². The highest BCUT2D eigenvalue weighted by Crippen LogP contribution is 1.96. The van der Waals surface area contributed by atoms with Gasteiger partial charge in [0.2, 0.25) is 0 Å². The van der Waals surface area contributed by atoms with Crippen LogP contribution in [0.2, 0.25) is 0 Å². The smallest absolute Gasteiger partial charge is 0.313 e. The lowest BCUT2D eigenvalue weighted by Gasteiger charge is -2.14. The van der Waals surface area contributed by atoms with Crippen LogP contribution in [0.1, 0.15) is 13.3 Å². The van der Waals surface area contributed by atoms with Gasteiger partial charge in [-0.05, 0) is 6.92 Å². The molecule has 0 aromatic heterocycles. The number of hydrogen-bond donors (Lipinski definition) is 3. The summed E-state index contributed by atoms with van der Waals surface area (Å²) in [5.41, 5.74) is 0. The first-order valence-corrected chi connectivity index (χ1v) is 4.09. The molecule has 0 fully saturated rings. The quantitative estimate of drug-likeness (QED) is 0.350. The van der Waals surface area contributed by atoms with E-state index in [9.17, 15) is 9.59 Å². The first-order valence-electron chi connectivity index (χ1n) is 4.09. The average Bonchev–Trinajstić information content (AvgIpc) is 2.11. The largest absolute Gasteiger partial charge is 0.462 e. The highest BCUT2D eigenvalue weighted by Gasteiger charge is 2.17. The molecule has 0 radical (unpaired) electrons. The molecule has 6 nitrogen and oxygen atoms in total. The normalized spacial score (nSPS) is 14.6. The summed E-state index contributed by atoms with van der Waals surface area (Å²) in [5, 5.41) is 26.3. The third-order valence-corrected chi connectivity index (χ3v) is 1.44. The number of ketones is 1. The molecule has 0 aliphatic carbocycles. The van der Waals surface area contributed by atoms with Crippen molar-refractivity contribution in [2.45, 2.75) is 25.6 Å². The predicted octanol–water partition coefficient (Wildman–Crippen LogP) is -1.78. The Kier molecular flexibility index (Phi) is 6.02. The van der Waals surface area contributed by atoms with Gasteiger partial charge < -0.3 is 20.1 Å². The third kappa shape index (κ3) is 5.63. The molecule has 0 aliphatic rings. The number of Topliss-reactive ketones (excluding diaryl/α,β-unsaturated/α-hetero) is 1. The fraction of sp³-hybridized carbons (Fsp3) is 0.750. The Morgan fingerprint density at radius 3 is 2.29 bits per heavy atom. The van der Waals surface area contributed by atoms with E-state index < -0.39 is 31.4 Å². The van der Waals surface area contributed by atoms with Crippen molar-refractivity contribution in [3.05, 3.63) is 0 Å². The van der Waals surface area contributed by atoms with Crippen molar-refractivity contribution < 1.29 is 29.6 Å². The van der Waals surface area contributed by atoms with Gasteiger partial charge in [0.15, 0.2) is 0 Å². The summed E-state index contributed by atoms with van der Waals surface area (Å²) < 4.78 is 4.46. The van der Waals surface area contributed by atoms with Crippen LogP contribution in [0.4, 0.5) is 0 Å². The molecule has 0 heterocycles. The summed E-state index contributed by atoms with van der Waals surface area (Å²) in [6, 6.07) is 0. The van der Waals surface area contributed by atoms with Crippen molar-refractivity contribution in [3.63, 3.8) is 0 Å². The maximum absolute atomic E-state index is 10.8. The van der Waals surface area contributed by atoms with E-state index in [-0.39, 0.29) is 12.2 Å². The van der Waals surface area contributed by atoms with Crippen molar-refractivity contribution in [1.29, 1.82) is 0 Å². The minimum atomic E-state index is -1.35. The second kappa shape index (κ2) is 6.47. The van der Waals surface area contributed by atoms with E-state index >= 15 is 0 Å². The average molecular weight is 206 g/mol. The Balaban J connectivity index is 3.71. The van der Waals surface area contributed by atoms with Gasteiger partial charge in [0.1, 0.15) is 31.0 Å². The summed E-state index contributed by atoms with van der Waals surface area (Å²) >= 11 is 0. The molecule has 0 aromatic carbocycles. The standard InChI is InChI=1S/C8H14O6/c1-5(10)2-8(13)14-4-7(12)6(11)3-9/h6-7,9,11-12H,2-4H2,1H3/t6-,7+/m1/s1. The molecule has 0 amide bonds. The highest BCUT2D eigenvalue weighted by atomic mass is 16.5. The van der Waals surface area contributed by atoms with Crippen LogP contribution in [0.25, 0.3) is 0 Å². The number of esters is 1. The van der Waals surface area contributed by atoms with Crippen molar-refractivity contribution in [2.24, 2.45) is 0 Å². The first-order chi connectivity index (χ1) is 6.47. The Bertz CT molecular complexity index is 202. The molecule has 0 unspecified atom stereocenters. The van der Waals surface area contributed by atoms with Crippen molar-refractivity contribution in [1.82, 2.24) is 0 Å². The van der Waals surface area contributed by atoms with E-state index in [0.717, 1.165) is 0 Å². The molecule has 0 aromatic rings. The molecule has 3 N–H and O–H groups in total. The monoisotopic (exact) mass is 206 g/mol. The van der Waals surface area contributed by atoms with E-state index in [0.29, 0.717) is 0 Å². The van der Waals surface area contributed by atoms with Gasteiger partial charge in [-0.15, -0.1) is 0 Å². The molecule has 0 aliphatic heterocycles. The maximum Gasteiger partial charge on any atom is 0.313 e. The Morgan fingerprint density at radius 2 is 1.86 bits per heavy atom. The van der Waals surface area contributed by atoms with Crippen LogP contribution in [-0.4, -0.2) is 52.5 Å². The SMILES string of the molecule is CC(=O)CC(=O)OC[C@H](O)[C@H](O)CO. The molecular weight excluding hydrogens is 192 g/mol. The zero-order valence-electron chi connectivity index (χ0n) is 7.84. The van der Waals surface area contributed by atoms with Gasteiger partial charge in [0.05, 0.1) is 6.61 Å². The molecule has 0 bridgehead atoms. The van der Waals surface area contributed by atoms with Crippen LogP contribution in [-0.2, 0) is 14.3 Å². The van der Waals surface area contributed by atoms with Gasteiger partial charge in [-0.1, -0.05) is 0 Å². The van der Waals surface area contributed by atoms with Crippen LogP contribution in [0, 0.1) is 0 Å². The Morgan fingerprint density at radius 1 is 1.29 bits per heavy atom. The molecule has 0 spiro atoms. The first kappa shape index (κ1) is 13.0. The minimum absolute atomic E-state index is 0.341. The van der Waals surface area contributed by atoms with Crippen LogP contribution in [0.5, 0.6) is 0 Å². The van der Waals surface area contributed by atoms with E-state index in [1.54, 1.807) is 0 Å². The van der Waals surface area contributed by atoms with Crippen LogP contribution in [0.15, 0.2) is 0 Å². The van der Waals surface area contributed by atoms with Crippen LogP contribution in [0.3, 0.4) is 0 Å². The lowest BCUT2D eigenvalue weighted by Crippen LogP contribution is -2.34. The minimum Gasteiger partial charge on any atom is -0.462 e. The zero-order chi connectivity index (χ0) is 11.1. The lowest BCUT2D eigenvalue weighted by molar-refractivity contribution is -0.151. The van der Waals surface area contributed by atoms with Crippen LogP contribution < -0.4 is 0 Å². The number of carbonyl (C=O) groups excluding carboxylic acids is 2. The lowest BCUT2D eigenvalue weighted by atomic mass is 10.2. The summed E-state index contributed by atoms with van der Waals surface area (Å²) in [6.45, 7) is 0.180. The summed E-state index contributed by atoms with van der Waals surface area (Å²) in [4.78, 5) is 21.2. The number of ether oxygens (including phenoxy) is 1. The highest BCUT2D eigenvalue weighted by molar-refractivity contribution is 5.94. The number of rotatable bonds is 6. The summed E-state index contributed by atoms with van der Waals surface area (Å²) in [6.07, 6.45) is -3.04. The number of aliphatic hydroxyl groups is 3. The number of aliphatic hydroxyl groups excluding tert-OH is 3. The molecule has 0 saturated heterocycles. The van der Waals surface area contributed by atoms with Crippen molar-refractivity contribution >= 4 is 11.8 Å². The van der Waals surface area contributed by atoms with E-state index in [1.165, 1.54) is 6.92 Å². The van der Waals surface area contributed by atoms with E-state index in [2.05, 4.69) is 4.74 Å². The fourth-order valence-electron chi connectivity index (χ4n) is 0.665. The topological polar surface area (TPSA) is 104 Å². The van der Waals surface area contributed by atoms with E-state index in [1.807, 2.05) is 0 Å². The van der Waals surface area contributed by atoms with Crippen LogP contribution >= 0.6 is 0 Å². The van der Waals surface area contributed by atoms with Gasteiger partial charge in [-0.2, -0.15) is 0 Å². The summed E-state index contributed by atoms with van der Waals surface area (Å²) in [7, 11) is 0. The second-order valence-electron chi connectivity index (χ2n) is 2.88. The van der Waals surface area contributed by atoms with Gasteiger partial charge in [-0.3, -0.25) is 9.59 Å². The molecule has 14 heavy (non-hydrogen) atoms. The number of carbonyl (C=O) groups is 2. The molecule has 6 heteroatoms. The molecular formula is C8H14O6. The van der Waals surface area contributed by atoms with Crippen molar-refractivity contribution in [2.75, 3.05) is 13.2 Å². The maximum atomic E-state index is 10.8. The second-order valence-corrected chi connectivity index (χ2v) is 2.88.